The molecule has 9 heteroatoms. The number of rotatable bonds is 6. The SMILES string of the molecule is CC(CN=[N+]=[N-])(CN=[N+]=[N-])OC(=O)c1ccco1. The average molecular weight is 250 g/mol. The molecule has 0 radical (unpaired) electrons. The number of ether oxygens (including phenoxy) is 1. The van der Waals surface area contributed by atoms with E-state index in [4.69, 9.17) is 20.2 Å². The summed E-state index contributed by atoms with van der Waals surface area (Å²) < 4.78 is 9.99. The minimum atomic E-state index is -1.21. The molecule has 0 aliphatic heterocycles. The predicted molar refractivity (Wildman–Crippen MR) is 60.6 cm³/mol. The average Bonchev–Trinajstić information content (AvgIpc) is 2.88. The third-order valence-corrected chi connectivity index (χ3v) is 2.00. The maximum absolute atomic E-state index is 11.7. The number of esters is 1. The molecule has 0 spiro atoms. The van der Waals surface area contributed by atoms with Crippen molar-refractivity contribution in [3.63, 3.8) is 0 Å². The number of hydrogen-bond acceptors (Lipinski definition) is 5. The molecule has 0 N–H and O–H groups in total. The zero-order valence-electron chi connectivity index (χ0n) is 9.55. The van der Waals surface area contributed by atoms with Gasteiger partial charge in [0.1, 0.15) is 5.60 Å². The summed E-state index contributed by atoms with van der Waals surface area (Å²) in [7, 11) is 0. The highest BCUT2D eigenvalue weighted by atomic mass is 16.6. The van der Waals surface area contributed by atoms with Crippen LogP contribution in [-0.4, -0.2) is 24.7 Å². The molecule has 0 unspecified atom stereocenters. The van der Waals surface area contributed by atoms with Crippen LogP contribution in [0.15, 0.2) is 33.0 Å². The molecule has 0 saturated heterocycles. The molecule has 18 heavy (non-hydrogen) atoms. The summed E-state index contributed by atoms with van der Waals surface area (Å²) in [6, 6.07) is 2.97. The summed E-state index contributed by atoms with van der Waals surface area (Å²) in [6.45, 7) is 1.21. The van der Waals surface area contributed by atoms with Crippen molar-refractivity contribution in [3.05, 3.63) is 45.0 Å². The Labute approximate surface area is 102 Å². The van der Waals surface area contributed by atoms with Crippen LogP contribution in [0.4, 0.5) is 0 Å². The lowest BCUT2D eigenvalue weighted by Crippen LogP contribution is -2.38. The standard InChI is InChI=1S/C9H10N6O3/c1-9(5-12-14-10,6-13-15-11)18-8(16)7-3-2-4-17-7/h2-4H,5-6H2,1H3. The summed E-state index contributed by atoms with van der Waals surface area (Å²) in [5.41, 5.74) is 15.3. The van der Waals surface area contributed by atoms with Gasteiger partial charge in [0.2, 0.25) is 5.76 Å². The van der Waals surface area contributed by atoms with Crippen LogP contribution in [0.5, 0.6) is 0 Å². The summed E-state index contributed by atoms with van der Waals surface area (Å²) in [6.07, 6.45) is 1.33. The van der Waals surface area contributed by atoms with Gasteiger partial charge in [-0.2, -0.15) is 0 Å². The van der Waals surface area contributed by atoms with E-state index in [0.29, 0.717) is 0 Å². The molecule has 1 rings (SSSR count). The molecule has 0 fully saturated rings. The summed E-state index contributed by atoms with van der Waals surface area (Å²) in [4.78, 5) is 16.8. The number of hydrogen-bond donors (Lipinski definition) is 0. The normalized spacial score (nSPS) is 12.7. The third-order valence-electron chi connectivity index (χ3n) is 2.00. The number of carbonyl (C=O) groups excluding carboxylic acids is 1. The first kappa shape index (κ1) is 13.4. The first-order chi connectivity index (χ1) is 8.61. The van der Waals surface area contributed by atoms with Crippen LogP contribution in [0.3, 0.4) is 0 Å². The zero-order chi connectivity index (χ0) is 13.4. The molecule has 1 heterocycles. The Morgan fingerprint density at radius 3 is 2.50 bits per heavy atom. The fourth-order valence-electron chi connectivity index (χ4n) is 1.15. The maximum Gasteiger partial charge on any atom is 0.374 e. The van der Waals surface area contributed by atoms with Crippen molar-refractivity contribution in [2.75, 3.05) is 13.1 Å². The van der Waals surface area contributed by atoms with Crippen molar-refractivity contribution >= 4 is 5.97 Å². The summed E-state index contributed by atoms with van der Waals surface area (Å²) in [5.74, 6) is -0.702. The van der Waals surface area contributed by atoms with E-state index in [1.165, 1.54) is 25.3 Å². The molecule has 0 bridgehead atoms. The Hall–Kier alpha value is -2.63. The molecular formula is C9H10N6O3. The van der Waals surface area contributed by atoms with Gasteiger partial charge in [-0.3, -0.25) is 0 Å². The van der Waals surface area contributed by atoms with Gasteiger partial charge < -0.3 is 9.15 Å². The molecule has 9 nitrogen and oxygen atoms in total. The van der Waals surface area contributed by atoms with Crippen molar-refractivity contribution in [2.45, 2.75) is 12.5 Å². The minimum absolute atomic E-state index is 0.0168. The second-order valence-corrected chi connectivity index (χ2v) is 3.59. The lowest BCUT2D eigenvalue weighted by atomic mass is 10.1. The number of carbonyl (C=O) groups is 1. The molecule has 0 aliphatic carbocycles. The van der Waals surface area contributed by atoms with Gasteiger partial charge in [0.05, 0.1) is 19.4 Å². The Balaban J connectivity index is 2.80. The van der Waals surface area contributed by atoms with Crippen LogP contribution in [-0.2, 0) is 4.74 Å². The fraction of sp³-hybridized carbons (Fsp3) is 0.444. The van der Waals surface area contributed by atoms with Gasteiger partial charge in [0.15, 0.2) is 0 Å². The smallest absolute Gasteiger partial charge is 0.374 e. The van der Waals surface area contributed by atoms with E-state index in [9.17, 15) is 4.79 Å². The second-order valence-electron chi connectivity index (χ2n) is 3.59. The van der Waals surface area contributed by atoms with Gasteiger partial charge in [0.25, 0.3) is 0 Å². The summed E-state index contributed by atoms with van der Waals surface area (Å²) in [5, 5.41) is 6.64. The van der Waals surface area contributed by atoms with Crippen molar-refractivity contribution < 1.29 is 13.9 Å². The second kappa shape index (κ2) is 6.19. The Morgan fingerprint density at radius 2 is 2.06 bits per heavy atom. The van der Waals surface area contributed by atoms with Gasteiger partial charge in [-0.05, 0) is 30.1 Å². The number of furan rings is 1. The van der Waals surface area contributed by atoms with Gasteiger partial charge >= 0.3 is 5.97 Å². The highest BCUT2D eigenvalue weighted by Gasteiger charge is 2.29. The topological polar surface area (TPSA) is 137 Å². The largest absolute Gasteiger partial charge is 0.457 e. The zero-order valence-corrected chi connectivity index (χ0v) is 9.55. The van der Waals surface area contributed by atoms with Crippen molar-refractivity contribution in [1.29, 1.82) is 0 Å². The number of nitrogens with zero attached hydrogens (tertiary/aromatic N) is 6. The van der Waals surface area contributed by atoms with Gasteiger partial charge in [-0.15, -0.1) is 0 Å². The molecule has 1 aromatic rings. The molecule has 0 amide bonds. The van der Waals surface area contributed by atoms with Crippen LogP contribution in [0.2, 0.25) is 0 Å². The lowest BCUT2D eigenvalue weighted by molar-refractivity contribution is -0.00436. The fourth-order valence-corrected chi connectivity index (χ4v) is 1.15. The molecule has 0 saturated carbocycles. The molecule has 0 aliphatic rings. The Kier molecular flexibility index (Phi) is 4.62. The Bertz CT molecular complexity index is 478. The van der Waals surface area contributed by atoms with Crippen LogP contribution in [0.25, 0.3) is 20.9 Å². The number of azide groups is 2. The van der Waals surface area contributed by atoms with Gasteiger partial charge in [-0.25, -0.2) is 4.79 Å². The molecule has 1 aromatic heterocycles. The minimum Gasteiger partial charge on any atom is -0.457 e. The van der Waals surface area contributed by atoms with E-state index in [2.05, 4.69) is 20.1 Å². The van der Waals surface area contributed by atoms with E-state index in [1.54, 1.807) is 0 Å². The highest BCUT2D eigenvalue weighted by Crippen LogP contribution is 2.16. The third kappa shape index (κ3) is 3.75. The van der Waals surface area contributed by atoms with E-state index >= 15 is 0 Å². The van der Waals surface area contributed by atoms with Crippen molar-refractivity contribution in [1.82, 2.24) is 0 Å². The van der Waals surface area contributed by atoms with Gasteiger partial charge in [0, 0.05) is 9.82 Å². The highest BCUT2D eigenvalue weighted by molar-refractivity contribution is 5.86. The molecule has 0 atom stereocenters. The molecule has 0 aromatic carbocycles. The first-order valence-corrected chi connectivity index (χ1v) is 4.90. The van der Waals surface area contributed by atoms with Crippen molar-refractivity contribution in [3.8, 4) is 0 Å². The predicted octanol–water partition coefficient (Wildman–Crippen LogP) is 2.82. The van der Waals surface area contributed by atoms with E-state index in [1.807, 2.05) is 0 Å². The van der Waals surface area contributed by atoms with E-state index in [0.717, 1.165) is 0 Å². The van der Waals surface area contributed by atoms with Gasteiger partial charge in [-0.1, -0.05) is 10.2 Å². The van der Waals surface area contributed by atoms with Crippen molar-refractivity contribution in [2.24, 2.45) is 10.2 Å². The quantitative estimate of drug-likeness (QED) is 0.332. The van der Waals surface area contributed by atoms with E-state index < -0.39 is 11.6 Å². The Morgan fingerprint density at radius 1 is 1.44 bits per heavy atom. The van der Waals surface area contributed by atoms with Crippen LogP contribution >= 0.6 is 0 Å². The van der Waals surface area contributed by atoms with Crippen LogP contribution < -0.4 is 0 Å². The maximum atomic E-state index is 11.7. The monoisotopic (exact) mass is 250 g/mol. The summed E-state index contributed by atoms with van der Waals surface area (Å²) >= 11 is 0. The molecule has 94 valence electrons. The van der Waals surface area contributed by atoms with Crippen LogP contribution in [0.1, 0.15) is 17.5 Å². The first-order valence-electron chi connectivity index (χ1n) is 4.90. The van der Waals surface area contributed by atoms with E-state index in [-0.39, 0.29) is 18.8 Å². The molecular weight excluding hydrogens is 240 g/mol. The lowest BCUT2D eigenvalue weighted by Gasteiger charge is -2.25. The van der Waals surface area contributed by atoms with Crippen LogP contribution in [0, 0.1) is 0 Å².